The Balaban J connectivity index is 0.909. The van der Waals surface area contributed by atoms with E-state index in [0.717, 1.165) is 112 Å². The van der Waals surface area contributed by atoms with Crippen LogP contribution in [0.25, 0.3) is 89.7 Å². The number of aromatic nitrogens is 12. The van der Waals surface area contributed by atoms with Crippen molar-refractivity contribution < 1.29 is 18.9 Å². The summed E-state index contributed by atoms with van der Waals surface area (Å²) in [6, 6.07) is 40.9. The second kappa shape index (κ2) is 14.8. The van der Waals surface area contributed by atoms with Gasteiger partial charge in [0.1, 0.15) is 23.3 Å². The van der Waals surface area contributed by atoms with Gasteiger partial charge < -0.3 is 37.2 Å². The van der Waals surface area contributed by atoms with Crippen LogP contribution >= 0.6 is 0 Å². The molecule has 0 N–H and O–H groups in total. The average Bonchev–Trinajstić information content (AvgIpc) is 4.34. The van der Waals surface area contributed by atoms with Gasteiger partial charge in [0.25, 0.3) is 13.4 Å². The Hall–Kier alpha value is -10.1. The maximum absolute atomic E-state index is 7.15. The number of para-hydroxylation sites is 8. The van der Waals surface area contributed by atoms with Crippen molar-refractivity contribution >= 4 is 90.3 Å². The van der Waals surface area contributed by atoms with Gasteiger partial charge >= 0.3 is 0 Å². The van der Waals surface area contributed by atoms with Crippen LogP contribution in [-0.4, -0.2) is 71.6 Å². The van der Waals surface area contributed by atoms with Crippen LogP contribution in [-0.2, 0) is 28.2 Å². The third-order valence-corrected chi connectivity index (χ3v) is 15.7. The minimum Gasteiger partial charge on any atom is -0.436 e. The maximum atomic E-state index is 7.15. The maximum Gasteiger partial charge on any atom is 0.265 e. The minimum atomic E-state index is -0.544. The summed E-state index contributed by atoms with van der Waals surface area (Å²) < 4.78 is 36.9. The highest BCUT2D eigenvalue weighted by molar-refractivity contribution is 7.00. The molecule has 0 bridgehead atoms. The van der Waals surface area contributed by atoms with Gasteiger partial charge in [-0.2, -0.15) is 0 Å². The minimum absolute atomic E-state index is 0.405. The molecule has 4 aliphatic heterocycles. The summed E-state index contributed by atoms with van der Waals surface area (Å²) in [5.74, 6) is 6.43. The molecular weight excluding hydrogens is 950 g/mol. The highest BCUT2D eigenvalue weighted by Gasteiger charge is 2.52. The van der Waals surface area contributed by atoms with Crippen molar-refractivity contribution in [3.05, 3.63) is 146 Å². The number of ether oxygens (including phenoxy) is 4. The monoisotopic (exact) mass is 986 g/mol. The van der Waals surface area contributed by atoms with Gasteiger partial charge in [0.15, 0.2) is 23.0 Å². The molecule has 16 nitrogen and oxygen atoms in total. The number of aryl methyl sites for hydroxylation is 4. The molecule has 0 amide bonds. The molecule has 0 aliphatic carbocycles. The molecule has 0 spiro atoms. The Bertz CT molecular complexity index is 4180. The number of nitrogens with zero attached hydrogens (tertiary/aromatic N) is 12. The van der Waals surface area contributed by atoms with E-state index in [1.807, 2.05) is 126 Å². The zero-order valence-corrected chi connectivity index (χ0v) is 41.0. The SMILES string of the molecule is Cn1c(-c2cnc3c(c2)B2c4cc(-c5nc6ccccc6n5C)cnc4Oc4c5c6c(c(c42)O3)Oc2ncc(-c3nc4ccccc4n3C)cc2B6c2cc(-c3nc4ccccc4n3C)cnc2O5)nc2ccccc21. The normalized spacial score (nSPS) is 13.4. The topological polar surface area (TPSA) is 160 Å². The number of benzene rings is 5. The van der Waals surface area contributed by atoms with E-state index in [9.17, 15) is 0 Å². The van der Waals surface area contributed by atoms with Gasteiger partial charge in [0.05, 0.1) is 44.1 Å². The van der Waals surface area contributed by atoms with Gasteiger partial charge in [-0.3, -0.25) is 0 Å². The predicted molar refractivity (Wildman–Crippen MR) is 292 cm³/mol. The summed E-state index contributed by atoms with van der Waals surface area (Å²) in [7, 11) is 8.09. The van der Waals surface area contributed by atoms with E-state index in [2.05, 4.69) is 66.8 Å². The van der Waals surface area contributed by atoms with Crippen molar-refractivity contribution in [1.82, 2.24) is 58.1 Å². The Morgan fingerprint density at radius 2 is 0.566 bits per heavy atom. The number of hydrogen-bond donors (Lipinski definition) is 0. The van der Waals surface area contributed by atoms with E-state index in [-0.39, 0.29) is 0 Å². The van der Waals surface area contributed by atoms with Crippen LogP contribution in [0.1, 0.15) is 0 Å². The summed E-state index contributed by atoms with van der Waals surface area (Å²) >= 11 is 0. The number of rotatable bonds is 4. The highest BCUT2D eigenvalue weighted by atomic mass is 16.5. The van der Waals surface area contributed by atoms with Crippen LogP contribution in [0.4, 0.5) is 0 Å². The first kappa shape index (κ1) is 41.4. The number of hydrogen-bond acceptors (Lipinski definition) is 12. The van der Waals surface area contributed by atoms with Gasteiger partial charge in [0.2, 0.25) is 23.5 Å². The van der Waals surface area contributed by atoms with E-state index in [1.165, 1.54) is 0 Å². The van der Waals surface area contributed by atoms with E-state index in [4.69, 9.17) is 58.8 Å². The summed E-state index contributed by atoms with van der Waals surface area (Å²) in [5.41, 5.74) is 15.4. The third-order valence-electron chi connectivity index (χ3n) is 15.7. The van der Waals surface area contributed by atoms with Crippen molar-refractivity contribution in [2.75, 3.05) is 0 Å². The fourth-order valence-corrected chi connectivity index (χ4v) is 12.1. The molecule has 358 valence electrons. The van der Waals surface area contributed by atoms with Crippen LogP contribution in [0.15, 0.2) is 146 Å². The standard InChI is InChI=1S/C58H36B2N12O4/c1-69-41-17-9-5-13-37(41)65-51(69)29-21-33-55(61-25-29)73-47-45-48(74-56-34(59(33)45)22-30(26-62-56)52-66-38-14-6-10-18-42(38)70(52)2)50-46-49(47)75-57-35(23-31(27-63-57)53-67-39-15-7-11-19-43(39)71(53)3)60(46)36-24-32(28-64-58(36)76-50)54-68-40-16-8-12-20-44(40)72(54)4/h5-28H,1-4H3. The van der Waals surface area contributed by atoms with Crippen molar-refractivity contribution in [1.29, 1.82) is 0 Å². The first-order chi connectivity index (χ1) is 37.3. The van der Waals surface area contributed by atoms with E-state index in [1.54, 1.807) is 0 Å². The quantitative estimate of drug-likeness (QED) is 0.168. The molecule has 0 saturated heterocycles. The van der Waals surface area contributed by atoms with Gasteiger partial charge in [-0.05, 0) is 94.6 Å². The van der Waals surface area contributed by atoms with Gasteiger partial charge in [-0.15, -0.1) is 0 Å². The second-order valence-corrected chi connectivity index (χ2v) is 19.8. The zero-order chi connectivity index (χ0) is 50.2. The zero-order valence-electron chi connectivity index (χ0n) is 41.0. The first-order valence-electron chi connectivity index (χ1n) is 24.9. The van der Waals surface area contributed by atoms with Gasteiger partial charge in [-0.25, -0.2) is 39.9 Å². The van der Waals surface area contributed by atoms with Crippen LogP contribution in [0, 0.1) is 0 Å². The van der Waals surface area contributed by atoms with E-state index < -0.39 is 13.4 Å². The van der Waals surface area contributed by atoms with Gasteiger partial charge in [0, 0.05) is 86.2 Å². The summed E-state index contributed by atoms with van der Waals surface area (Å²) in [6.45, 7) is -1.09. The fourth-order valence-electron chi connectivity index (χ4n) is 12.1. The molecule has 0 atom stereocenters. The molecule has 17 rings (SSSR count). The molecule has 0 radical (unpaired) electrons. The van der Waals surface area contributed by atoms with Crippen LogP contribution in [0.2, 0.25) is 0 Å². The summed E-state index contributed by atoms with van der Waals surface area (Å²) in [4.78, 5) is 40.8. The van der Waals surface area contributed by atoms with Crippen molar-refractivity contribution in [2.45, 2.75) is 0 Å². The third kappa shape index (κ3) is 5.53. The van der Waals surface area contributed by atoms with Gasteiger partial charge in [-0.1, -0.05) is 48.5 Å². The second-order valence-electron chi connectivity index (χ2n) is 19.8. The Morgan fingerprint density at radius 1 is 0.329 bits per heavy atom. The summed E-state index contributed by atoms with van der Waals surface area (Å²) in [6.07, 6.45) is 7.28. The summed E-state index contributed by atoms with van der Waals surface area (Å²) in [5, 5.41) is 0. The van der Waals surface area contributed by atoms with Crippen LogP contribution < -0.4 is 51.7 Å². The molecule has 76 heavy (non-hydrogen) atoms. The number of fused-ring (bicyclic) bond motifs is 14. The molecular formula is C58H36B2N12O4. The molecule has 0 unspecified atom stereocenters. The molecule has 4 aliphatic rings. The lowest BCUT2D eigenvalue weighted by atomic mass is 9.32. The molecule has 5 aromatic carbocycles. The molecule has 12 heterocycles. The lowest BCUT2D eigenvalue weighted by Gasteiger charge is -2.39. The largest absolute Gasteiger partial charge is 0.436 e. The van der Waals surface area contributed by atoms with Crippen molar-refractivity contribution in [3.63, 3.8) is 0 Å². The molecule has 13 aromatic rings. The highest BCUT2D eigenvalue weighted by Crippen LogP contribution is 2.49. The first-order valence-corrected chi connectivity index (χ1v) is 24.9. The number of imidazole rings is 4. The van der Waals surface area contributed by atoms with E-state index >= 15 is 0 Å². The van der Waals surface area contributed by atoms with Crippen molar-refractivity contribution in [3.8, 4) is 92.1 Å². The van der Waals surface area contributed by atoms with E-state index in [0.29, 0.717) is 57.4 Å². The molecule has 8 aromatic heterocycles. The lowest BCUT2D eigenvalue weighted by molar-refractivity contribution is 0.381. The Morgan fingerprint density at radius 3 is 0.803 bits per heavy atom. The van der Waals surface area contributed by atoms with Crippen molar-refractivity contribution in [2.24, 2.45) is 28.2 Å². The predicted octanol–water partition coefficient (Wildman–Crippen LogP) is 6.94. The Kier molecular flexibility index (Phi) is 8.05. The average molecular weight is 987 g/mol. The lowest BCUT2D eigenvalue weighted by Crippen LogP contribution is -2.62. The fraction of sp³-hybridized carbons (Fsp3) is 0.0690. The Labute approximate surface area is 432 Å². The number of pyridine rings is 4. The molecule has 0 fully saturated rings. The molecule has 0 saturated carbocycles. The molecule has 18 heteroatoms. The smallest absolute Gasteiger partial charge is 0.265 e. The van der Waals surface area contributed by atoms with Crippen LogP contribution in [0.3, 0.4) is 0 Å². The van der Waals surface area contributed by atoms with Crippen LogP contribution in [0.5, 0.6) is 46.5 Å².